The first-order valence-corrected chi connectivity index (χ1v) is 12.0. The van der Waals surface area contributed by atoms with Crippen LogP contribution in [-0.2, 0) is 6.54 Å². The zero-order valence-corrected chi connectivity index (χ0v) is 17.9. The van der Waals surface area contributed by atoms with Gasteiger partial charge in [0.05, 0.1) is 18.6 Å². The number of carbonyl (C=O) groups is 1. The first-order chi connectivity index (χ1) is 14.8. The molecule has 2 aliphatic rings. The molecule has 0 radical (unpaired) electrons. The smallest absolute Gasteiger partial charge is 0.192 e. The van der Waals surface area contributed by atoms with E-state index in [0.717, 1.165) is 35.1 Å². The summed E-state index contributed by atoms with van der Waals surface area (Å²) < 4.78 is 7.63. The Kier molecular flexibility index (Phi) is 5.75. The molecule has 5 rings (SSSR count). The standard InChI is InChI=1S/C24H27N3O2S/c28-22(19-10-8-18(9-11-19)17-5-2-1-3-6-17)16-30-24-26-25-23(20-12-13-20)27(24)15-21-7-4-14-29-21/h4,7-11,14,17,20H,1-3,5-6,12-13,15-16H2. The Balaban J connectivity index is 1.25. The maximum Gasteiger partial charge on any atom is 0.192 e. The third-order valence-corrected chi connectivity index (χ3v) is 7.19. The number of benzene rings is 1. The molecule has 0 amide bonds. The van der Waals surface area contributed by atoms with Gasteiger partial charge in [-0.2, -0.15) is 0 Å². The van der Waals surface area contributed by atoms with E-state index in [0.29, 0.717) is 24.1 Å². The third-order valence-electron chi connectivity index (χ3n) is 6.22. The Hall–Kier alpha value is -2.34. The first kappa shape index (κ1) is 19.6. The molecule has 0 unspecified atom stereocenters. The van der Waals surface area contributed by atoms with Crippen LogP contribution in [0, 0.1) is 0 Å². The topological polar surface area (TPSA) is 60.9 Å². The molecule has 2 heterocycles. The second-order valence-electron chi connectivity index (χ2n) is 8.45. The fraction of sp³-hybridized carbons (Fsp3) is 0.458. The van der Waals surface area contributed by atoms with Crippen molar-refractivity contribution in [1.82, 2.24) is 14.8 Å². The van der Waals surface area contributed by atoms with Crippen molar-refractivity contribution in [3.63, 3.8) is 0 Å². The number of hydrogen-bond donors (Lipinski definition) is 0. The van der Waals surface area contributed by atoms with Crippen LogP contribution >= 0.6 is 11.8 Å². The van der Waals surface area contributed by atoms with Crippen LogP contribution in [0.5, 0.6) is 0 Å². The molecule has 2 saturated carbocycles. The molecule has 1 aromatic carbocycles. The van der Waals surface area contributed by atoms with Gasteiger partial charge in [-0.15, -0.1) is 10.2 Å². The SMILES string of the molecule is O=C(CSc1nnc(C2CC2)n1Cc1ccco1)c1ccc(C2CCCCC2)cc1. The van der Waals surface area contributed by atoms with Crippen LogP contribution in [0.2, 0.25) is 0 Å². The zero-order chi connectivity index (χ0) is 20.3. The summed E-state index contributed by atoms with van der Waals surface area (Å²) in [5, 5.41) is 9.58. The molecule has 30 heavy (non-hydrogen) atoms. The lowest BCUT2D eigenvalue weighted by atomic mass is 9.84. The minimum Gasteiger partial charge on any atom is -0.467 e. The number of furan rings is 1. The summed E-state index contributed by atoms with van der Waals surface area (Å²) in [6, 6.07) is 12.1. The summed E-state index contributed by atoms with van der Waals surface area (Å²) in [6.45, 7) is 0.610. The summed E-state index contributed by atoms with van der Waals surface area (Å²) in [5.41, 5.74) is 2.16. The van der Waals surface area contributed by atoms with Gasteiger partial charge in [0, 0.05) is 11.5 Å². The minimum absolute atomic E-state index is 0.135. The summed E-state index contributed by atoms with van der Waals surface area (Å²) in [7, 11) is 0. The van der Waals surface area contributed by atoms with Gasteiger partial charge >= 0.3 is 0 Å². The number of Topliss-reactive ketones (excluding diaryl/α,β-unsaturated/α-hetero) is 1. The van der Waals surface area contributed by atoms with Gasteiger partial charge in [0.1, 0.15) is 11.6 Å². The van der Waals surface area contributed by atoms with Crippen molar-refractivity contribution in [2.24, 2.45) is 0 Å². The van der Waals surface area contributed by atoms with Crippen LogP contribution in [0.3, 0.4) is 0 Å². The molecule has 0 saturated heterocycles. The van der Waals surface area contributed by atoms with Gasteiger partial charge < -0.3 is 4.42 Å². The number of carbonyl (C=O) groups excluding carboxylic acids is 1. The molecule has 6 heteroatoms. The second-order valence-corrected chi connectivity index (χ2v) is 9.39. The molecule has 3 aromatic rings. The predicted octanol–water partition coefficient (Wildman–Crippen LogP) is 5.82. The monoisotopic (exact) mass is 421 g/mol. The van der Waals surface area contributed by atoms with E-state index in [9.17, 15) is 4.79 Å². The van der Waals surface area contributed by atoms with Crippen molar-refractivity contribution in [3.8, 4) is 0 Å². The highest BCUT2D eigenvalue weighted by Crippen LogP contribution is 2.40. The number of rotatable bonds is 8. The second kappa shape index (κ2) is 8.80. The zero-order valence-electron chi connectivity index (χ0n) is 17.1. The molecular weight excluding hydrogens is 394 g/mol. The Morgan fingerprint density at radius 1 is 1.00 bits per heavy atom. The van der Waals surface area contributed by atoms with Crippen molar-refractivity contribution in [2.45, 2.75) is 68.5 Å². The van der Waals surface area contributed by atoms with E-state index in [1.807, 2.05) is 24.3 Å². The van der Waals surface area contributed by atoms with Crippen LogP contribution in [0.15, 0.2) is 52.2 Å². The number of thioether (sulfide) groups is 1. The lowest BCUT2D eigenvalue weighted by Crippen LogP contribution is -2.08. The Morgan fingerprint density at radius 2 is 1.80 bits per heavy atom. The minimum atomic E-state index is 0.135. The van der Waals surface area contributed by atoms with Gasteiger partial charge in [0.25, 0.3) is 0 Å². The maximum atomic E-state index is 12.8. The van der Waals surface area contributed by atoms with E-state index in [-0.39, 0.29) is 5.78 Å². The van der Waals surface area contributed by atoms with Crippen LogP contribution in [0.25, 0.3) is 0 Å². The van der Waals surface area contributed by atoms with Crippen molar-refractivity contribution in [2.75, 3.05) is 5.75 Å². The molecule has 0 atom stereocenters. The van der Waals surface area contributed by atoms with E-state index in [1.165, 1.54) is 49.4 Å². The molecule has 2 aromatic heterocycles. The molecule has 0 N–H and O–H groups in total. The van der Waals surface area contributed by atoms with Crippen molar-refractivity contribution >= 4 is 17.5 Å². The van der Waals surface area contributed by atoms with Crippen molar-refractivity contribution < 1.29 is 9.21 Å². The van der Waals surface area contributed by atoms with E-state index < -0.39 is 0 Å². The Bertz CT molecular complexity index is 984. The normalized spacial score (nSPS) is 17.3. The van der Waals surface area contributed by atoms with Gasteiger partial charge in [0.2, 0.25) is 0 Å². The molecule has 0 spiro atoms. The number of hydrogen-bond acceptors (Lipinski definition) is 5. The predicted molar refractivity (Wildman–Crippen MR) is 117 cm³/mol. The molecule has 2 fully saturated rings. The van der Waals surface area contributed by atoms with E-state index >= 15 is 0 Å². The van der Waals surface area contributed by atoms with Crippen molar-refractivity contribution in [3.05, 3.63) is 65.4 Å². The third kappa shape index (κ3) is 4.38. The average molecular weight is 422 g/mol. The number of nitrogens with zero attached hydrogens (tertiary/aromatic N) is 3. The van der Waals surface area contributed by atoms with E-state index in [1.54, 1.807) is 6.26 Å². The molecule has 0 aliphatic heterocycles. The van der Waals surface area contributed by atoms with Crippen LogP contribution in [0.4, 0.5) is 0 Å². The lowest BCUT2D eigenvalue weighted by Gasteiger charge is -2.22. The highest BCUT2D eigenvalue weighted by atomic mass is 32.2. The lowest BCUT2D eigenvalue weighted by molar-refractivity contribution is 0.102. The number of ketones is 1. The molecular formula is C24H27N3O2S. The molecule has 5 nitrogen and oxygen atoms in total. The largest absolute Gasteiger partial charge is 0.467 e. The highest BCUT2D eigenvalue weighted by molar-refractivity contribution is 7.99. The van der Waals surface area contributed by atoms with Crippen LogP contribution in [0.1, 0.15) is 84.3 Å². The van der Waals surface area contributed by atoms with Crippen molar-refractivity contribution in [1.29, 1.82) is 0 Å². The van der Waals surface area contributed by atoms with Crippen LogP contribution in [-0.4, -0.2) is 26.3 Å². The Morgan fingerprint density at radius 3 is 2.50 bits per heavy atom. The quantitative estimate of drug-likeness (QED) is 0.339. The maximum absolute atomic E-state index is 12.8. The van der Waals surface area contributed by atoms with Gasteiger partial charge in [0.15, 0.2) is 10.9 Å². The van der Waals surface area contributed by atoms with Gasteiger partial charge in [-0.25, -0.2) is 0 Å². The molecule has 0 bridgehead atoms. The van der Waals surface area contributed by atoms with Gasteiger partial charge in [-0.1, -0.05) is 55.3 Å². The van der Waals surface area contributed by atoms with Crippen LogP contribution < -0.4 is 0 Å². The molecule has 2 aliphatic carbocycles. The Labute approximate surface area is 181 Å². The van der Waals surface area contributed by atoms with E-state index in [2.05, 4.69) is 26.9 Å². The van der Waals surface area contributed by atoms with Gasteiger partial charge in [-0.05, 0) is 49.3 Å². The van der Waals surface area contributed by atoms with E-state index in [4.69, 9.17) is 4.42 Å². The fourth-order valence-electron chi connectivity index (χ4n) is 4.35. The first-order valence-electron chi connectivity index (χ1n) is 11.0. The number of aromatic nitrogens is 3. The average Bonchev–Trinajstić information content (AvgIpc) is 3.36. The molecule has 156 valence electrons. The fourth-order valence-corrected chi connectivity index (χ4v) is 5.19. The highest BCUT2D eigenvalue weighted by Gasteiger charge is 2.31. The van der Waals surface area contributed by atoms with Gasteiger partial charge in [-0.3, -0.25) is 9.36 Å². The summed E-state index contributed by atoms with van der Waals surface area (Å²) >= 11 is 1.47. The summed E-state index contributed by atoms with van der Waals surface area (Å²) in [6.07, 6.45) is 10.6. The summed E-state index contributed by atoms with van der Waals surface area (Å²) in [4.78, 5) is 12.8. The summed E-state index contributed by atoms with van der Waals surface area (Å²) in [5.74, 6) is 3.55.